The molecule has 0 amide bonds. The van der Waals surface area contributed by atoms with Crippen LogP contribution in [-0.4, -0.2) is 19.3 Å². The fraction of sp³-hybridized carbons (Fsp3) is 0.308. The quantitative estimate of drug-likeness (QED) is 0.925. The van der Waals surface area contributed by atoms with Gasteiger partial charge in [0.15, 0.2) is 9.84 Å². The van der Waals surface area contributed by atoms with Crippen LogP contribution in [0.1, 0.15) is 23.8 Å². The van der Waals surface area contributed by atoms with E-state index in [2.05, 4.69) is 10.5 Å². The molecule has 1 aromatic carbocycles. The Morgan fingerprint density at radius 1 is 1.32 bits per heavy atom. The van der Waals surface area contributed by atoms with Crippen molar-refractivity contribution >= 4 is 9.84 Å². The van der Waals surface area contributed by atoms with E-state index in [1.807, 2.05) is 12.1 Å². The number of hydrogen-bond acceptors (Lipinski definition) is 5. The number of hydrogen-bond donors (Lipinski definition) is 1. The van der Waals surface area contributed by atoms with E-state index in [1.165, 1.54) is 0 Å². The first-order valence-electron chi connectivity index (χ1n) is 6.11. The Morgan fingerprint density at radius 2 is 2.16 bits per heavy atom. The maximum absolute atomic E-state index is 12.0. The zero-order chi connectivity index (χ0) is 13.3. The predicted molar refractivity (Wildman–Crippen MR) is 69.2 cm³/mol. The van der Waals surface area contributed by atoms with E-state index in [0.29, 0.717) is 17.9 Å². The molecule has 6 heteroatoms. The average Bonchev–Trinajstić information content (AvgIpc) is 2.91. The van der Waals surface area contributed by atoms with Gasteiger partial charge in [-0.3, -0.25) is 0 Å². The largest absolute Gasteiger partial charge is 0.360 e. The van der Waals surface area contributed by atoms with Crippen molar-refractivity contribution in [3.05, 3.63) is 47.9 Å². The lowest BCUT2D eigenvalue weighted by Crippen LogP contribution is -2.29. The number of nitrogens with zero attached hydrogens (tertiary/aromatic N) is 1. The lowest BCUT2D eigenvalue weighted by molar-refractivity contribution is 0.360. The number of nitrogens with one attached hydrogen (secondary N) is 1. The van der Waals surface area contributed by atoms with Gasteiger partial charge in [0.25, 0.3) is 0 Å². The molecule has 1 unspecified atom stereocenters. The summed E-state index contributed by atoms with van der Waals surface area (Å²) in [6.07, 6.45) is 2.17. The molecule has 0 saturated heterocycles. The number of aromatic nitrogens is 1. The number of fused-ring (bicyclic) bond motifs is 1. The summed E-state index contributed by atoms with van der Waals surface area (Å²) < 4.78 is 29.0. The van der Waals surface area contributed by atoms with Crippen molar-refractivity contribution in [2.24, 2.45) is 0 Å². The lowest BCUT2D eigenvalue weighted by atomic mass is 10.0. The molecule has 0 aliphatic carbocycles. The summed E-state index contributed by atoms with van der Waals surface area (Å²) in [5.74, 6) is 0.920. The van der Waals surface area contributed by atoms with Gasteiger partial charge in [0.05, 0.1) is 23.4 Å². The van der Waals surface area contributed by atoms with Crippen LogP contribution in [0.25, 0.3) is 0 Å². The molecule has 1 aromatic heterocycles. The molecule has 1 N–H and O–H groups in total. The summed E-state index contributed by atoms with van der Waals surface area (Å²) in [5, 5.41) is 6.96. The summed E-state index contributed by atoms with van der Waals surface area (Å²) in [6, 6.07) is 8.98. The Morgan fingerprint density at radius 3 is 2.95 bits per heavy atom. The van der Waals surface area contributed by atoms with E-state index < -0.39 is 9.84 Å². The highest BCUT2D eigenvalue weighted by atomic mass is 32.2. The van der Waals surface area contributed by atoms with Crippen LogP contribution in [0.3, 0.4) is 0 Å². The van der Waals surface area contributed by atoms with Gasteiger partial charge in [-0.25, -0.2) is 8.42 Å². The maximum atomic E-state index is 12.0. The highest BCUT2D eigenvalue weighted by molar-refractivity contribution is 7.91. The van der Waals surface area contributed by atoms with Gasteiger partial charge in [0.1, 0.15) is 5.76 Å². The molecular weight excluding hydrogens is 264 g/mol. The Hall–Kier alpha value is -1.66. The molecule has 1 aliphatic rings. The summed E-state index contributed by atoms with van der Waals surface area (Å²) in [4.78, 5) is 0.441. The summed E-state index contributed by atoms with van der Waals surface area (Å²) in [7, 11) is -3.12. The van der Waals surface area contributed by atoms with Crippen molar-refractivity contribution in [2.45, 2.75) is 23.9 Å². The molecule has 5 nitrogen and oxygen atoms in total. The van der Waals surface area contributed by atoms with E-state index in [-0.39, 0.29) is 11.8 Å². The third-order valence-electron chi connectivity index (χ3n) is 3.32. The molecule has 2 aromatic rings. The minimum atomic E-state index is -3.12. The van der Waals surface area contributed by atoms with Gasteiger partial charge in [-0.05, 0) is 18.1 Å². The molecule has 100 valence electrons. The maximum Gasteiger partial charge on any atom is 0.178 e. The van der Waals surface area contributed by atoms with Crippen LogP contribution < -0.4 is 5.32 Å². The standard InChI is InChI=1S/C13H14N2O3S/c16-19(17)8-6-12(11-3-1-2-4-13(11)19)14-9-10-5-7-15-18-10/h1-5,7,12,14H,6,8-9H2. The van der Waals surface area contributed by atoms with Crippen LogP contribution in [0.2, 0.25) is 0 Å². The van der Waals surface area contributed by atoms with Crippen molar-refractivity contribution in [3.63, 3.8) is 0 Å². The Balaban J connectivity index is 1.84. The van der Waals surface area contributed by atoms with Crippen molar-refractivity contribution in [1.82, 2.24) is 10.5 Å². The van der Waals surface area contributed by atoms with Gasteiger partial charge in [0, 0.05) is 12.1 Å². The van der Waals surface area contributed by atoms with Gasteiger partial charge in [-0.2, -0.15) is 0 Å². The first kappa shape index (κ1) is 12.4. The van der Waals surface area contributed by atoms with Crippen LogP contribution in [0.5, 0.6) is 0 Å². The monoisotopic (exact) mass is 278 g/mol. The molecule has 0 radical (unpaired) electrons. The molecule has 1 atom stereocenters. The first-order valence-corrected chi connectivity index (χ1v) is 7.77. The number of rotatable bonds is 3. The molecule has 0 fully saturated rings. The van der Waals surface area contributed by atoms with Gasteiger partial charge in [0.2, 0.25) is 0 Å². The van der Waals surface area contributed by atoms with Crippen molar-refractivity contribution in [3.8, 4) is 0 Å². The van der Waals surface area contributed by atoms with Crippen molar-refractivity contribution in [1.29, 1.82) is 0 Å². The van der Waals surface area contributed by atoms with E-state index in [0.717, 1.165) is 11.3 Å². The zero-order valence-electron chi connectivity index (χ0n) is 10.2. The molecule has 3 rings (SSSR count). The molecule has 0 saturated carbocycles. The van der Waals surface area contributed by atoms with Gasteiger partial charge >= 0.3 is 0 Å². The van der Waals surface area contributed by atoms with E-state index >= 15 is 0 Å². The average molecular weight is 278 g/mol. The third kappa shape index (κ3) is 2.41. The van der Waals surface area contributed by atoms with Crippen molar-refractivity contribution in [2.75, 3.05) is 5.75 Å². The highest BCUT2D eigenvalue weighted by Gasteiger charge is 2.29. The lowest BCUT2D eigenvalue weighted by Gasteiger charge is -2.25. The fourth-order valence-corrected chi connectivity index (χ4v) is 3.98. The van der Waals surface area contributed by atoms with Gasteiger partial charge in [-0.1, -0.05) is 23.4 Å². The van der Waals surface area contributed by atoms with Crippen LogP contribution >= 0.6 is 0 Å². The Labute approximate surface area is 111 Å². The van der Waals surface area contributed by atoms with Gasteiger partial charge < -0.3 is 9.84 Å². The van der Waals surface area contributed by atoms with E-state index in [9.17, 15) is 8.42 Å². The van der Waals surface area contributed by atoms with Crippen molar-refractivity contribution < 1.29 is 12.9 Å². The van der Waals surface area contributed by atoms with Crippen LogP contribution in [0, 0.1) is 0 Å². The van der Waals surface area contributed by atoms with E-state index in [4.69, 9.17) is 4.52 Å². The molecule has 0 bridgehead atoms. The Bertz CT molecular complexity index is 665. The van der Waals surface area contributed by atoms with Crippen LogP contribution in [0.4, 0.5) is 0 Å². The number of sulfone groups is 1. The predicted octanol–water partition coefficient (Wildman–Crippen LogP) is 1.68. The zero-order valence-corrected chi connectivity index (χ0v) is 11.1. The van der Waals surface area contributed by atoms with E-state index in [1.54, 1.807) is 24.4 Å². The molecule has 19 heavy (non-hydrogen) atoms. The fourth-order valence-electron chi connectivity index (χ4n) is 2.36. The number of benzene rings is 1. The van der Waals surface area contributed by atoms with Crippen LogP contribution in [0.15, 0.2) is 45.9 Å². The molecule has 2 heterocycles. The highest BCUT2D eigenvalue weighted by Crippen LogP contribution is 2.31. The first-order chi connectivity index (χ1) is 9.17. The molecule has 1 aliphatic heterocycles. The topological polar surface area (TPSA) is 72.2 Å². The minimum Gasteiger partial charge on any atom is -0.360 e. The molecule has 0 spiro atoms. The smallest absolute Gasteiger partial charge is 0.178 e. The minimum absolute atomic E-state index is 0.0322. The van der Waals surface area contributed by atoms with Crippen LogP contribution in [-0.2, 0) is 16.4 Å². The second-order valence-electron chi connectivity index (χ2n) is 4.56. The SMILES string of the molecule is O=S1(=O)CCC(NCc2ccno2)c2ccccc21. The Kier molecular flexibility index (Phi) is 3.12. The second-order valence-corrected chi connectivity index (χ2v) is 6.64. The molecular formula is C13H14N2O3S. The summed E-state index contributed by atoms with van der Waals surface area (Å²) in [5.41, 5.74) is 0.841. The third-order valence-corrected chi connectivity index (χ3v) is 5.13. The van der Waals surface area contributed by atoms with Gasteiger partial charge in [-0.15, -0.1) is 0 Å². The summed E-state index contributed by atoms with van der Waals surface area (Å²) >= 11 is 0. The summed E-state index contributed by atoms with van der Waals surface area (Å²) in [6.45, 7) is 0.541. The second kappa shape index (κ2) is 4.79. The normalized spacial score (nSPS) is 20.9.